The monoisotopic (exact) mass is 446 g/mol. The number of nitrogens with one attached hydrogen (secondary N) is 1. The van der Waals surface area contributed by atoms with Gasteiger partial charge in [-0.3, -0.25) is 4.79 Å². The summed E-state index contributed by atoms with van der Waals surface area (Å²) in [7, 11) is 1.39. The van der Waals surface area contributed by atoms with E-state index in [4.69, 9.17) is 9.47 Å². The fourth-order valence-electron chi connectivity index (χ4n) is 3.66. The average Bonchev–Trinajstić information content (AvgIpc) is 3.51. The number of ether oxygens (including phenoxy) is 2. The van der Waals surface area contributed by atoms with E-state index in [1.54, 1.807) is 16.9 Å². The second-order valence-corrected chi connectivity index (χ2v) is 7.58. The van der Waals surface area contributed by atoms with Gasteiger partial charge in [0.25, 0.3) is 5.91 Å². The zero-order chi connectivity index (χ0) is 23.2. The fourth-order valence-corrected chi connectivity index (χ4v) is 3.66. The number of hydrogen-bond donors (Lipinski definition) is 1. The van der Waals surface area contributed by atoms with Crippen LogP contribution in [0.3, 0.4) is 0 Å². The number of nitrogens with zero attached hydrogens (tertiary/aromatic N) is 3. The molecule has 2 heterocycles. The molecule has 1 aliphatic rings. The van der Waals surface area contributed by atoms with Crippen molar-refractivity contribution in [2.75, 3.05) is 20.3 Å². The molecule has 4 rings (SSSR count). The molecule has 1 fully saturated rings. The van der Waals surface area contributed by atoms with E-state index in [0.717, 1.165) is 18.5 Å². The van der Waals surface area contributed by atoms with Gasteiger partial charge in [-0.15, -0.1) is 0 Å². The minimum atomic E-state index is -0.533. The first-order valence-electron chi connectivity index (χ1n) is 10.6. The van der Waals surface area contributed by atoms with Crippen LogP contribution in [0.5, 0.6) is 5.75 Å². The van der Waals surface area contributed by atoms with Crippen LogP contribution in [0.25, 0.3) is 23.0 Å². The van der Waals surface area contributed by atoms with Crippen LogP contribution in [0.1, 0.15) is 18.4 Å². The number of halogens is 1. The predicted octanol–water partition coefficient (Wildman–Crippen LogP) is 3.89. The van der Waals surface area contributed by atoms with Crippen molar-refractivity contribution in [3.05, 3.63) is 71.7 Å². The van der Waals surface area contributed by atoms with E-state index in [0.29, 0.717) is 30.0 Å². The molecule has 2 aromatic carbocycles. The van der Waals surface area contributed by atoms with Gasteiger partial charge in [0.1, 0.15) is 17.3 Å². The van der Waals surface area contributed by atoms with Crippen LogP contribution in [-0.2, 0) is 9.53 Å². The highest BCUT2D eigenvalue weighted by Gasteiger charge is 2.19. The Morgan fingerprint density at radius 2 is 2.18 bits per heavy atom. The molecule has 33 heavy (non-hydrogen) atoms. The maximum atomic E-state index is 14.4. The Kier molecular flexibility index (Phi) is 6.81. The lowest BCUT2D eigenvalue weighted by atomic mass is 10.1. The molecule has 1 amide bonds. The first kappa shape index (κ1) is 22.2. The summed E-state index contributed by atoms with van der Waals surface area (Å²) in [5, 5.41) is 17.0. The number of benzene rings is 2. The van der Waals surface area contributed by atoms with Gasteiger partial charge in [0.15, 0.2) is 11.6 Å². The van der Waals surface area contributed by atoms with Gasteiger partial charge in [0.2, 0.25) is 0 Å². The van der Waals surface area contributed by atoms with Crippen LogP contribution >= 0.6 is 0 Å². The maximum absolute atomic E-state index is 14.4. The molecular formula is C25H23FN4O3. The van der Waals surface area contributed by atoms with Gasteiger partial charge in [-0.1, -0.05) is 18.2 Å². The Morgan fingerprint density at radius 3 is 2.85 bits per heavy atom. The van der Waals surface area contributed by atoms with Crippen molar-refractivity contribution in [1.29, 1.82) is 5.26 Å². The summed E-state index contributed by atoms with van der Waals surface area (Å²) in [5.41, 5.74) is 2.14. The molecule has 1 saturated heterocycles. The third kappa shape index (κ3) is 5.10. The van der Waals surface area contributed by atoms with Crippen molar-refractivity contribution in [3.63, 3.8) is 0 Å². The molecule has 1 N–H and O–H groups in total. The smallest absolute Gasteiger partial charge is 0.262 e. The maximum Gasteiger partial charge on any atom is 0.262 e. The lowest BCUT2D eigenvalue weighted by Gasteiger charge is -2.10. The lowest BCUT2D eigenvalue weighted by Crippen LogP contribution is -2.32. The van der Waals surface area contributed by atoms with Gasteiger partial charge < -0.3 is 14.8 Å². The molecule has 8 heteroatoms. The number of methoxy groups -OCH3 is 1. The van der Waals surface area contributed by atoms with E-state index >= 15 is 0 Å². The molecule has 0 aliphatic carbocycles. The zero-order valence-electron chi connectivity index (χ0n) is 18.1. The van der Waals surface area contributed by atoms with Crippen molar-refractivity contribution in [2.45, 2.75) is 18.9 Å². The molecule has 7 nitrogen and oxygen atoms in total. The molecule has 3 aromatic rings. The normalized spacial score (nSPS) is 15.8. The Labute approximate surface area is 191 Å². The summed E-state index contributed by atoms with van der Waals surface area (Å²) in [6.45, 7) is 1.03. The molecule has 1 aromatic heterocycles. The minimum Gasteiger partial charge on any atom is -0.494 e. The quantitative estimate of drug-likeness (QED) is 0.439. The van der Waals surface area contributed by atoms with Crippen LogP contribution in [0.2, 0.25) is 0 Å². The molecule has 0 unspecified atom stereocenters. The SMILES string of the molecule is COc1ccc(-c2nn(-c3ccccc3)cc2/C=C(/C#N)C(=O)NC[C@@H]2CCCO2)cc1F. The van der Waals surface area contributed by atoms with Crippen molar-refractivity contribution in [3.8, 4) is 28.8 Å². The third-order valence-corrected chi connectivity index (χ3v) is 5.37. The van der Waals surface area contributed by atoms with Gasteiger partial charge in [0.05, 0.1) is 18.9 Å². The van der Waals surface area contributed by atoms with Crippen LogP contribution < -0.4 is 10.1 Å². The lowest BCUT2D eigenvalue weighted by molar-refractivity contribution is -0.117. The van der Waals surface area contributed by atoms with Gasteiger partial charge >= 0.3 is 0 Å². The van der Waals surface area contributed by atoms with Gasteiger partial charge in [-0.25, -0.2) is 9.07 Å². The number of aromatic nitrogens is 2. The molecular weight excluding hydrogens is 423 g/mol. The van der Waals surface area contributed by atoms with Crippen molar-refractivity contribution >= 4 is 12.0 Å². The summed E-state index contributed by atoms with van der Waals surface area (Å²) < 4.78 is 26.5. The largest absolute Gasteiger partial charge is 0.494 e. The summed E-state index contributed by atoms with van der Waals surface area (Å²) in [4.78, 5) is 12.6. The average molecular weight is 446 g/mol. The molecule has 0 radical (unpaired) electrons. The van der Waals surface area contributed by atoms with Crippen molar-refractivity contribution in [1.82, 2.24) is 15.1 Å². The van der Waals surface area contributed by atoms with Crippen LogP contribution in [0.15, 0.2) is 60.3 Å². The Morgan fingerprint density at radius 1 is 1.36 bits per heavy atom. The van der Waals surface area contributed by atoms with E-state index in [1.165, 1.54) is 25.3 Å². The Bertz CT molecular complexity index is 1210. The van der Waals surface area contributed by atoms with Gasteiger partial charge in [0, 0.05) is 30.5 Å². The zero-order valence-corrected chi connectivity index (χ0v) is 18.1. The summed E-state index contributed by atoms with van der Waals surface area (Å²) in [5.74, 6) is -0.911. The van der Waals surface area contributed by atoms with Crippen molar-refractivity contribution in [2.24, 2.45) is 0 Å². The molecule has 0 bridgehead atoms. The highest BCUT2D eigenvalue weighted by molar-refractivity contribution is 6.02. The highest BCUT2D eigenvalue weighted by Crippen LogP contribution is 2.29. The van der Waals surface area contributed by atoms with Crippen LogP contribution in [0.4, 0.5) is 4.39 Å². The topological polar surface area (TPSA) is 89.2 Å². The summed E-state index contributed by atoms with van der Waals surface area (Å²) in [6, 6.07) is 15.9. The number of hydrogen-bond acceptors (Lipinski definition) is 5. The predicted molar refractivity (Wildman–Crippen MR) is 121 cm³/mol. The number of carbonyl (C=O) groups excluding carboxylic acids is 1. The first-order chi connectivity index (χ1) is 16.1. The molecule has 0 saturated carbocycles. The number of amides is 1. The summed E-state index contributed by atoms with van der Waals surface area (Å²) >= 11 is 0. The third-order valence-electron chi connectivity index (χ3n) is 5.37. The van der Waals surface area contributed by atoms with E-state index in [9.17, 15) is 14.4 Å². The van der Waals surface area contributed by atoms with E-state index in [2.05, 4.69) is 10.4 Å². The van der Waals surface area contributed by atoms with E-state index < -0.39 is 11.7 Å². The minimum absolute atomic E-state index is 0.0347. The summed E-state index contributed by atoms with van der Waals surface area (Å²) in [6.07, 6.45) is 4.98. The fraction of sp³-hybridized carbons (Fsp3) is 0.240. The van der Waals surface area contributed by atoms with Gasteiger partial charge in [-0.05, 0) is 49.2 Å². The number of carbonyl (C=O) groups is 1. The molecule has 1 aliphatic heterocycles. The Balaban J connectivity index is 1.70. The molecule has 168 valence electrons. The number of rotatable bonds is 7. The van der Waals surface area contributed by atoms with E-state index in [1.807, 2.05) is 36.4 Å². The first-order valence-corrected chi connectivity index (χ1v) is 10.6. The second kappa shape index (κ2) is 10.1. The van der Waals surface area contributed by atoms with Crippen molar-refractivity contribution < 1.29 is 18.7 Å². The molecule has 1 atom stereocenters. The molecule has 0 spiro atoms. The van der Waals surface area contributed by atoms with E-state index in [-0.39, 0.29) is 17.4 Å². The van der Waals surface area contributed by atoms with Gasteiger partial charge in [-0.2, -0.15) is 10.4 Å². The second-order valence-electron chi connectivity index (χ2n) is 7.58. The highest BCUT2D eigenvalue weighted by atomic mass is 19.1. The number of para-hydroxylation sites is 1. The Hall–Kier alpha value is -3.96. The van der Waals surface area contributed by atoms with Crippen LogP contribution in [-0.4, -0.2) is 42.1 Å². The van der Waals surface area contributed by atoms with Crippen LogP contribution in [0, 0.1) is 17.1 Å². The standard InChI is InChI=1S/C25H23FN4O3/c1-32-23-10-9-17(13-22(23)26)24-19(16-30(29-24)20-6-3-2-4-7-20)12-18(14-27)25(31)28-15-21-8-5-11-33-21/h2-4,6-7,9-10,12-13,16,21H,5,8,11,15H2,1H3,(H,28,31)/b18-12-/t21-/m0/s1. The number of nitriles is 1.